The summed E-state index contributed by atoms with van der Waals surface area (Å²) in [6, 6.07) is 3.06. The van der Waals surface area contributed by atoms with Gasteiger partial charge in [-0.15, -0.1) is 0 Å². The van der Waals surface area contributed by atoms with Crippen molar-refractivity contribution < 1.29 is 18.8 Å². The number of hydrogen-bond donors (Lipinski definition) is 1. The molecule has 0 aliphatic carbocycles. The zero-order valence-electron chi connectivity index (χ0n) is 14.7. The highest BCUT2D eigenvalue weighted by molar-refractivity contribution is 5.68. The van der Waals surface area contributed by atoms with E-state index in [9.17, 15) is 4.79 Å². The van der Waals surface area contributed by atoms with E-state index >= 15 is 0 Å². The number of aromatic nitrogens is 3. The molecule has 0 aromatic carbocycles. The smallest absolute Gasteiger partial charge is 0.408 e. The summed E-state index contributed by atoms with van der Waals surface area (Å²) in [4.78, 5) is 20.3. The Hall–Kier alpha value is -2.64. The highest BCUT2D eigenvalue weighted by Crippen LogP contribution is 2.23. The van der Waals surface area contributed by atoms with Crippen LogP contribution in [-0.2, 0) is 4.74 Å². The van der Waals surface area contributed by atoms with E-state index in [1.54, 1.807) is 40.9 Å². The van der Waals surface area contributed by atoms with Crippen molar-refractivity contribution in [3.63, 3.8) is 0 Å². The molecule has 2 aromatic heterocycles. The Kier molecular flexibility index (Phi) is 5.06. The van der Waals surface area contributed by atoms with Crippen LogP contribution in [0.1, 0.15) is 45.3 Å². The predicted octanol–water partition coefficient (Wildman–Crippen LogP) is 3.03. The number of nitrogens with one attached hydrogen (secondary N) is 1. The summed E-state index contributed by atoms with van der Waals surface area (Å²) in [6.45, 7) is 8.96. The molecule has 8 heteroatoms. The Balaban J connectivity index is 2.13. The van der Waals surface area contributed by atoms with Gasteiger partial charge in [0, 0.05) is 17.3 Å². The van der Waals surface area contributed by atoms with E-state index in [2.05, 4.69) is 20.4 Å². The number of pyridine rings is 1. The molecule has 0 spiro atoms. The van der Waals surface area contributed by atoms with Crippen molar-refractivity contribution in [3.05, 3.63) is 23.7 Å². The molecule has 0 aliphatic rings. The van der Waals surface area contributed by atoms with Crippen LogP contribution in [0.4, 0.5) is 4.79 Å². The number of amides is 1. The molecule has 8 nitrogen and oxygen atoms in total. The molecule has 1 amide bonds. The highest BCUT2D eigenvalue weighted by atomic mass is 16.6. The van der Waals surface area contributed by atoms with E-state index in [0.29, 0.717) is 11.7 Å². The fraction of sp³-hybridized carbons (Fsp3) is 0.500. The summed E-state index contributed by atoms with van der Waals surface area (Å²) >= 11 is 0. The van der Waals surface area contributed by atoms with Crippen LogP contribution in [0, 0.1) is 6.92 Å². The lowest BCUT2D eigenvalue weighted by molar-refractivity contribution is 0.0499. The molecule has 0 radical (unpaired) electrons. The first-order chi connectivity index (χ1) is 11.2. The van der Waals surface area contributed by atoms with Gasteiger partial charge in [-0.1, -0.05) is 5.16 Å². The number of nitrogens with zero attached hydrogens (tertiary/aromatic N) is 3. The lowest BCUT2D eigenvalue weighted by Crippen LogP contribution is -2.34. The fourth-order valence-electron chi connectivity index (χ4n) is 1.95. The first-order valence-electron chi connectivity index (χ1n) is 7.54. The maximum atomic E-state index is 11.8. The molecule has 0 bridgehead atoms. The summed E-state index contributed by atoms with van der Waals surface area (Å²) in [6.07, 6.45) is -0.545. The number of hydrogen-bond acceptors (Lipinski definition) is 7. The van der Waals surface area contributed by atoms with E-state index in [4.69, 9.17) is 14.0 Å². The van der Waals surface area contributed by atoms with Crippen LogP contribution in [0.25, 0.3) is 11.4 Å². The molecule has 0 saturated carbocycles. The van der Waals surface area contributed by atoms with E-state index < -0.39 is 17.7 Å². The normalized spacial score (nSPS) is 12.6. The van der Waals surface area contributed by atoms with E-state index in [1.807, 2.05) is 13.0 Å². The van der Waals surface area contributed by atoms with Crippen LogP contribution in [0.15, 0.2) is 16.7 Å². The standard InChI is InChI=1S/C16H22N4O4/c1-9-7-11(8-12(17-9)22-6)13-19-14(24-20-13)10(2)18-15(21)23-16(3,4)5/h7-8,10H,1-6H3,(H,18,21)/t10-/m0/s1. The van der Waals surface area contributed by atoms with Crippen LogP contribution >= 0.6 is 0 Å². The maximum absolute atomic E-state index is 11.8. The Morgan fingerprint density at radius 2 is 2.00 bits per heavy atom. The van der Waals surface area contributed by atoms with Gasteiger partial charge in [0.25, 0.3) is 0 Å². The Morgan fingerprint density at radius 3 is 2.62 bits per heavy atom. The third kappa shape index (κ3) is 4.68. The second-order valence-corrected chi connectivity index (χ2v) is 6.36. The molecule has 2 rings (SSSR count). The monoisotopic (exact) mass is 334 g/mol. The molecule has 1 atom stereocenters. The largest absolute Gasteiger partial charge is 0.481 e. The van der Waals surface area contributed by atoms with Gasteiger partial charge in [0.15, 0.2) is 0 Å². The SMILES string of the molecule is COc1cc(-c2noc([C@H](C)NC(=O)OC(C)(C)C)n2)cc(C)n1. The summed E-state index contributed by atoms with van der Waals surface area (Å²) < 4.78 is 15.6. The highest BCUT2D eigenvalue weighted by Gasteiger charge is 2.22. The van der Waals surface area contributed by atoms with Gasteiger partial charge in [-0.3, -0.25) is 0 Å². The number of rotatable bonds is 4. The minimum atomic E-state index is -0.574. The molecule has 130 valence electrons. The minimum Gasteiger partial charge on any atom is -0.481 e. The van der Waals surface area contributed by atoms with Gasteiger partial charge in [-0.05, 0) is 40.7 Å². The molecule has 0 unspecified atom stereocenters. The van der Waals surface area contributed by atoms with E-state index in [1.165, 1.54) is 0 Å². The van der Waals surface area contributed by atoms with Gasteiger partial charge >= 0.3 is 6.09 Å². The van der Waals surface area contributed by atoms with Crippen molar-refractivity contribution in [2.24, 2.45) is 0 Å². The summed E-state index contributed by atoms with van der Waals surface area (Å²) in [5.74, 6) is 1.15. The van der Waals surface area contributed by atoms with Crippen LogP contribution in [0.2, 0.25) is 0 Å². The van der Waals surface area contributed by atoms with Crippen LogP contribution < -0.4 is 10.1 Å². The molecule has 1 N–H and O–H groups in total. The number of aryl methyl sites for hydroxylation is 1. The molecular formula is C16H22N4O4. The second-order valence-electron chi connectivity index (χ2n) is 6.36. The summed E-state index contributed by atoms with van der Waals surface area (Å²) in [5.41, 5.74) is 0.920. The Morgan fingerprint density at radius 1 is 1.29 bits per heavy atom. The molecular weight excluding hydrogens is 312 g/mol. The average molecular weight is 334 g/mol. The topological polar surface area (TPSA) is 99.4 Å². The van der Waals surface area contributed by atoms with Crippen LogP contribution in [0.3, 0.4) is 0 Å². The molecule has 24 heavy (non-hydrogen) atoms. The number of alkyl carbamates (subject to hydrolysis) is 1. The first-order valence-corrected chi connectivity index (χ1v) is 7.54. The van der Waals surface area contributed by atoms with Gasteiger partial charge in [0.1, 0.15) is 11.6 Å². The lowest BCUT2D eigenvalue weighted by atomic mass is 10.2. The minimum absolute atomic E-state index is 0.282. The van der Waals surface area contributed by atoms with Crippen molar-refractivity contribution in [3.8, 4) is 17.3 Å². The van der Waals surface area contributed by atoms with E-state index in [-0.39, 0.29) is 5.89 Å². The summed E-state index contributed by atoms with van der Waals surface area (Å²) in [7, 11) is 1.54. The number of carbonyl (C=O) groups excluding carboxylic acids is 1. The zero-order valence-corrected chi connectivity index (χ0v) is 14.7. The summed E-state index contributed by atoms with van der Waals surface area (Å²) in [5, 5.41) is 6.60. The van der Waals surface area contributed by atoms with Gasteiger partial charge in [0.05, 0.1) is 7.11 Å². The molecule has 0 saturated heterocycles. The zero-order chi connectivity index (χ0) is 17.9. The van der Waals surface area contributed by atoms with E-state index in [0.717, 1.165) is 11.3 Å². The van der Waals surface area contributed by atoms with Crippen molar-refractivity contribution in [2.45, 2.75) is 46.3 Å². The van der Waals surface area contributed by atoms with Gasteiger partial charge < -0.3 is 19.3 Å². The maximum Gasteiger partial charge on any atom is 0.408 e. The number of carbonyl (C=O) groups is 1. The van der Waals surface area contributed by atoms with Crippen molar-refractivity contribution in [1.82, 2.24) is 20.4 Å². The third-order valence-corrected chi connectivity index (χ3v) is 2.94. The van der Waals surface area contributed by atoms with Crippen LogP contribution in [-0.4, -0.2) is 33.9 Å². The quantitative estimate of drug-likeness (QED) is 0.917. The first kappa shape index (κ1) is 17.7. The number of ether oxygens (including phenoxy) is 2. The lowest BCUT2D eigenvalue weighted by Gasteiger charge is -2.20. The molecule has 0 aliphatic heterocycles. The average Bonchev–Trinajstić information content (AvgIpc) is 2.94. The molecule has 0 fully saturated rings. The predicted molar refractivity (Wildman–Crippen MR) is 86.6 cm³/mol. The Labute approximate surface area is 140 Å². The van der Waals surface area contributed by atoms with Gasteiger partial charge in [-0.2, -0.15) is 4.98 Å². The van der Waals surface area contributed by atoms with Crippen molar-refractivity contribution in [2.75, 3.05) is 7.11 Å². The van der Waals surface area contributed by atoms with Crippen molar-refractivity contribution in [1.29, 1.82) is 0 Å². The van der Waals surface area contributed by atoms with Gasteiger partial charge in [-0.25, -0.2) is 9.78 Å². The fourth-order valence-corrected chi connectivity index (χ4v) is 1.95. The van der Waals surface area contributed by atoms with Crippen molar-refractivity contribution >= 4 is 6.09 Å². The Bertz CT molecular complexity index is 721. The number of methoxy groups -OCH3 is 1. The third-order valence-electron chi connectivity index (χ3n) is 2.94. The van der Waals surface area contributed by atoms with Crippen LogP contribution in [0.5, 0.6) is 5.88 Å². The molecule has 2 heterocycles. The van der Waals surface area contributed by atoms with Gasteiger partial charge in [0.2, 0.25) is 17.6 Å². The molecule has 2 aromatic rings. The second kappa shape index (κ2) is 6.86.